The van der Waals surface area contributed by atoms with Gasteiger partial charge in [-0.25, -0.2) is 0 Å². The summed E-state index contributed by atoms with van der Waals surface area (Å²) in [5, 5.41) is 18.2. The van der Waals surface area contributed by atoms with Crippen LogP contribution >= 0.6 is 0 Å². The lowest BCUT2D eigenvalue weighted by Gasteiger charge is -2.28. The molecular formula is C29H33N7O4. The van der Waals surface area contributed by atoms with E-state index in [0.717, 1.165) is 31.6 Å². The van der Waals surface area contributed by atoms with Crippen molar-refractivity contribution in [1.29, 1.82) is 0 Å². The van der Waals surface area contributed by atoms with Crippen LogP contribution in [0.25, 0.3) is 0 Å². The minimum Gasteiger partial charge on any atom is -0.494 e. The van der Waals surface area contributed by atoms with Crippen LogP contribution in [0, 0.1) is 5.92 Å². The Labute approximate surface area is 236 Å². The minimum absolute atomic E-state index is 0.0482. The number of para-hydroxylation sites is 1. The number of carbonyl (C=O) groups excluding carboxylic acids is 3. The Morgan fingerprint density at radius 3 is 2.42 bits per heavy atom. The molecule has 11 heteroatoms. The molecule has 5 rings (SSSR count). The molecule has 4 N–H and O–H groups in total. The van der Waals surface area contributed by atoms with Gasteiger partial charge in [0, 0.05) is 47.5 Å². The zero-order valence-electron chi connectivity index (χ0n) is 25.1. The van der Waals surface area contributed by atoms with E-state index in [-0.39, 0.29) is 40.3 Å². The van der Waals surface area contributed by atoms with Gasteiger partial charge in [-0.15, -0.1) is 10.2 Å². The van der Waals surface area contributed by atoms with E-state index in [2.05, 4.69) is 31.0 Å². The van der Waals surface area contributed by atoms with Gasteiger partial charge in [-0.2, -0.15) is 0 Å². The predicted octanol–water partition coefficient (Wildman–Crippen LogP) is 4.18. The van der Waals surface area contributed by atoms with Gasteiger partial charge in [-0.1, -0.05) is 6.07 Å². The minimum atomic E-state index is -2.77. The monoisotopic (exact) mass is 546 g/mol. The predicted molar refractivity (Wildman–Crippen MR) is 154 cm³/mol. The molecule has 0 radical (unpaired) electrons. The first-order valence-electron chi connectivity index (χ1n) is 14.7. The van der Waals surface area contributed by atoms with E-state index in [0.29, 0.717) is 11.4 Å². The lowest BCUT2D eigenvalue weighted by molar-refractivity contribution is -0.117. The van der Waals surface area contributed by atoms with E-state index in [1.807, 2.05) is 29.6 Å². The number of anilines is 5. The van der Waals surface area contributed by atoms with Crippen LogP contribution in [0.1, 0.15) is 57.1 Å². The summed E-state index contributed by atoms with van der Waals surface area (Å²) < 4.78 is 27.8. The summed E-state index contributed by atoms with van der Waals surface area (Å²) >= 11 is 0. The van der Waals surface area contributed by atoms with E-state index in [1.165, 1.54) is 32.4 Å². The third-order valence-electron chi connectivity index (χ3n) is 6.90. The smallest absolute Gasteiger partial charge is 0.273 e. The molecule has 2 heterocycles. The molecule has 1 aromatic heterocycles. The normalized spacial score (nSPS) is 16.1. The molecule has 40 heavy (non-hydrogen) atoms. The number of hydrogen-bond donors (Lipinski definition) is 4. The van der Waals surface area contributed by atoms with E-state index in [4.69, 9.17) is 8.85 Å². The summed E-state index contributed by atoms with van der Waals surface area (Å²) in [5.41, 5.74) is 1.96. The van der Waals surface area contributed by atoms with Crippen molar-refractivity contribution in [3.63, 3.8) is 0 Å². The van der Waals surface area contributed by atoms with Gasteiger partial charge in [-0.05, 0) is 68.5 Å². The molecular weight excluding hydrogens is 510 g/mol. The molecule has 208 valence electrons. The van der Waals surface area contributed by atoms with Crippen LogP contribution in [-0.4, -0.2) is 55.1 Å². The second-order valence-corrected chi connectivity index (χ2v) is 9.77. The van der Waals surface area contributed by atoms with Crippen molar-refractivity contribution >= 4 is 46.3 Å². The van der Waals surface area contributed by atoms with Crippen molar-refractivity contribution in [2.45, 2.75) is 32.1 Å². The first-order chi connectivity index (χ1) is 20.6. The number of piperidine rings is 1. The van der Waals surface area contributed by atoms with Crippen LogP contribution < -0.4 is 30.9 Å². The summed E-state index contributed by atoms with van der Waals surface area (Å²) in [6.07, 6.45) is 5.13. The summed E-state index contributed by atoms with van der Waals surface area (Å²) in [5.74, 6) is -1.50. The number of carbonyl (C=O) groups is 3. The highest BCUT2D eigenvalue weighted by Crippen LogP contribution is 2.34. The summed E-state index contributed by atoms with van der Waals surface area (Å²) in [6.45, 7) is -0.732. The van der Waals surface area contributed by atoms with E-state index in [1.54, 1.807) is 18.2 Å². The molecule has 3 amide bonds. The Balaban J connectivity index is 1.39. The highest BCUT2D eigenvalue weighted by molar-refractivity contribution is 6.08. The van der Waals surface area contributed by atoms with Crippen molar-refractivity contribution in [3.05, 3.63) is 59.8 Å². The van der Waals surface area contributed by atoms with Gasteiger partial charge in [-0.3, -0.25) is 14.4 Å². The Bertz CT molecular complexity index is 1500. The third kappa shape index (κ3) is 6.14. The molecule has 2 aromatic carbocycles. The summed E-state index contributed by atoms with van der Waals surface area (Å²) in [7, 11) is 1.40. The van der Waals surface area contributed by atoms with Gasteiger partial charge in [0.05, 0.1) is 24.0 Å². The summed E-state index contributed by atoms with van der Waals surface area (Å²) in [4.78, 5) is 40.7. The standard InChI is InChI=1S/C29H33N7O4/c1-30-29(39)25-23(17-24(34-35-25)33-27(37)18-9-10-18)32-22-8-6-7-21(26(22)40-2)28(38)31-19-11-13-20(14-12-19)36-15-4-3-5-16-36/h6-8,11-14,17-18H,3-5,9-10,15-16H2,1-2H3,(H,30,39)(H,31,38)(H2,32,33,34,37)/i1D3. The van der Waals surface area contributed by atoms with Crippen LogP contribution in [0.3, 0.4) is 0 Å². The topological polar surface area (TPSA) is 138 Å². The fraction of sp³-hybridized carbons (Fsp3) is 0.345. The average Bonchev–Trinajstić information content (AvgIpc) is 3.83. The number of benzene rings is 2. The Kier molecular flexibility index (Phi) is 6.98. The number of nitrogens with zero attached hydrogens (tertiary/aromatic N) is 3. The number of aromatic nitrogens is 2. The van der Waals surface area contributed by atoms with Crippen LogP contribution in [0.2, 0.25) is 0 Å². The SMILES string of the molecule is [2H]C([2H])([2H])NC(=O)c1nnc(NC(=O)C2CC2)cc1Nc1cccc(C(=O)Nc2ccc(N3CCCCC3)cc2)c1OC. The fourth-order valence-corrected chi connectivity index (χ4v) is 4.63. The van der Waals surface area contributed by atoms with E-state index in [9.17, 15) is 14.4 Å². The Hall–Kier alpha value is -4.67. The van der Waals surface area contributed by atoms with Crippen molar-refractivity contribution < 1.29 is 23.2 Å². The number of nitrogens with one attached hydrogen (secondary N) is 4. The van der Waals surface area contributed by atoms with Crippen molar-refractivity contribution in [3.8, 4) is 5.75 Å². The molecule has 0 atom stereocenters. The van der Waals surface area contributed by atoms with Gasteiger partial charge >= 0.3 is 0 Å². The van der Waals surface area contributed by atoms with Crippen LogP contribution in [-0.2, 0) is 4.79 Å². The van der Waals surface area contributed by atoms with Crippen LogP contribution in [0.15, 0.2) is 48.5 Å². The number of ether oxygens (including phenoxy) is 1. The van der Waals surface area contributed by atoms with Gasteiger partial charge in [0.15, 0.2) is 17.3 Å². The maximum Gasteiger partial charge on any atom is 0.273 e. The molecule has 1 saturated carbocycles. The second kappa shape index (κ2) is 12.0. The quantitative estimate of drug-likeness (QED) is 0.314. The first kappa shape index (κ1) is 23.2. The highest BCUT2D eigenvalue weighted by Gasteiger charge is 2.30. The zero-order chi connectivity index (χ0) is 30.6. The highest BCUT2D eigenvalue weighted by atomic mass is 16.5. The number of amides is 3. The number of hydrogen-bond acceptors (Lipinski definition) is 8. The lowest BCUT2D eigenvalue weighted by Crippen LogP contribution is -2.29. The molecule has 1 saturated heterocycles. The molecule has 0 bridgehead atoms. The molecule has 2 aliphatic rings. The van der Waals surface area contributed by atoms with Crippen LogP contribution in [0.5, 0.6) is 5.75 Å². The van der Waals surface area contributed by atoms with Gasteiger partial charge in [0.25, 0.3) is 11.8 Å². The molecule has 2 fully saturated rings. The fourth-order valence-electron chi connectivity index (χ4n) is 4.63. The Morgan fingerprint density at radius 2 is 1.73 bits per heavy atom. The number of rotatable bonds is 9. The van der Waals surface area contributed by atoms with Crippen molar-refractivity contribution in [2.75, 3.05) is 48.0 Å². The molecule has 11 nitrogen and oxygen atoms in total. The van der Waals surface area contributed by atoms with Crippen LogP contribution in [0.4, 0.5) is 28.6 Å². The largest absolute Gasteiger partial charge is 0.494 e. The van der Waals surface area contributed by atoms with Crippen molar-refractivity contribution in [1.82, 2.24) is 15.5 Å². The van der Waals surface area contributed by atoms with E-state index >= 15 is 0 Å². The van der Waals surface area contributed by atoms with E-state index < -0.39 is 18.8 Å². The molecule has 0 unspecified atom stereocenters. The van der Waals surface area contributed by atoms with Gasteiger partial charge in [0.2, 0.25) is 5.91 Å². The average molecular weight is 547 g/mol. The first-order valence-corrected chi connectivity index (χ1v) is 13.2. The molecule has 1 aliphatic carbocycles. The summed E-state index contributed by atoms with van der Waals surface area (Å²) in [6, 6.07) is 13.9. The van der Waals surface area contributed by atoms with Crippen molar-refractivity contribution in [2.24, 2.45) is 5.92 Å². The molecule has 0 spiro atoms. The Morgan fingerprint density at radius 1 is 0.950 bits per heavy atom. The van der Waals surface area contributed by atoms with Gasteiger partial charge in [0.1, 0.15) is 0 Å². The number of methoxy groups -OCH3 is 1. The molecule has 1 aliphatic heterocycles. The maximum atomic E-state index is 13.3. The molecule has 3 aromatic rings. The maximum absolute atomic E-state index is 13.3. The lowest BCUT2D eigenvalue weighted by atomic mass is 10.1. The third-order valence-corrected chi connectivity index (χ3v) is 6.90. The van der Waals surface area contributed by atoms with Gasteiger partial charge < -0.3 is 30.9 Å². The second-order valence-electron chi connectivity index (χ2n) is 9.77. The zero-order valence-corrected chi connectivity index (χ0v) is 22.1.